The molecular weight excluding hydrogens is 244 g/mol. The third kappa shape index (κ3) is 2.91. The summed E-state index contributed by atoms with van der Waals surface area (Å²) in [6, 6.07) is 10.4. The molecule has 1 fully saturated rings. The van der Waals surface area contributed by atoms with E-state index >= 15 is 0 Å². The van der Waals surface area contributed by atoms with Crippen LogP contribution < -0.4 is 5.32 Å². The second kappa shape index (κ2) is 6.28. The van der Waals surface area contributed by atoms with Crippen LogP contribution in [-0.2, 0) is 6.54 Å². The van der Waals surface area contributed by atoms with Crippen LogP contribution in [-0.4, -0.2) is 24.0 Å². The first-order chi connectivity index (χ1) is 9.75. The molecular formula is C18H28N2. The lowest BCUT2D eigenvalue weighted by atomic mass is 9.93. The molecule has 1 aliphatic heterocycles. The van der Waals surface area contributed by atoms with Gasteiger partial charge in [0, 0.05) is 31.7 Å². The first kappa shape index (κ1) is 14.1. The molecule has 0 amide bonds. The Morgan fingerprint density at radius 3 is 2.70 bits per heavy atom. The van der Waals surface area contributed by atoms with E-state index < -0.39 is 0 Å². The molecule has 0 radical (unpaired) electrons. The first-order valence-corrected chi connectivity index (χ1v) is 8.30. The number of fused-ring (bicyclic) bond motifs is 1. The lowest BCUT2D eigenvalue weighted by Gasteiger charge is -2.41. The minimum Gasteiger partial charge on any atom is -0.311 e. The second-order valence-corrected chi connectivity index (χ2v) is 6.87. The molecule has 1 aliphatic carbocycles. The highest BCUT2D eigenvalue weighted by atomic mass is 15.2. The molecule has 1 atom stereocenters. The number of nitrogens with one attached hydrogen (secondary N) is 1. The molecule has 0 aromatic heterocycles. The number of benzene rings is 1. The average molecular weight is 272 g/mol. The minimum absolute atomic E-state index is 0.574. The van der Waals surface area contributed by atoms with Crippen LogP contribution >= 0.6 is 0 Å². The Hall–Kier alpha value is -0.860. The average Bonchev–Trinajstić information content (AvgIpc) is 2.98. The highest BCUT2D eigenvalue weighted by Gasteiger charge is 2.32. The predicted molar refractivity (Wildman–Crippen MR) is 84.7 cm³/mol. The number of nitrogens with zero attached hydrogens (tertiary/aromatic N) is 1. The van der Waals surface area contributed by atoms with Crippen molar-refractivity contribution in [2.24, 2.45) is 5.92 Å². The van der Waals surface area contributed by atoms with Crippen molar-refractivity contribution in [3.63, 3.8) is 0 Å². The van der Waals surface area contributed by atoms with E-state index in [1.165, 1.54) is 37.8 Å². The van der Waals surface area contributed by atoms with Gasteiger partial charge in [0.05, 0.1) is 0 Å². The number of rotatable bonds is 4. The normalized spacial score (nSPS) is 23.5. The summed E-state index contributed by atoms with van der Waals surface area (Å²) in [5.41, 5.74) is 3.06. The molecule has 1 aromatic carbocycles. The van der Waals surface area contributed by atoms with E-state index in [9.17, 15) is 0 Å². The highest BCUT2D eigenvalue weighted by Crippen LogP contribution is 2.34. The summed E-state index contributed by atoms with van der Waals surface area (Å²) < 4.78 is 0. The van der Waals surface area contributed by atoms with Gasteiger partial charge in [-0.3, -0.25) is 4.90 Å². The van der Waals surface area contributed by atoms with Gasteiger partial charge in [0.25, 0.3) is 0 Å². The smallest absolute Gasteiger partial charge is 0.0479 e. The minimum atomic E-state index is 0.574. The summed E-state index contributed by atoms with van der Waals surface area (Å²) in [6.45, 7) is 8.08. The van der Waals surface area contributed by atoms with Crippen LogP contribution in [0.3, 0.4) is 0 Å². The molecule has 1 N–H and O–H groups in total. The van der Waals surface area contributed by atoms with Crippen molar-refractivity contribution in [2.75, 3.05) is 13.1 Å². The summed E-state index contributed by atoms with van der Waals surface area (Å²) in [6.07, 6.45) is 5.62. The Morgan fingerprint density at radius 2 is 1.95 bits per heavy atom. The SMILES string of the molecule is CC(C)CN(C1CCCC1)C1CNCc2ccccc21. The molecule has 0 spiro atoms. The molecule has 0 bridgehead atoms. The van der Waals surface area contributed by atoms with Gasteiger partial charge in [-0.25, -0.2) is 0 Å². The van der Waals surface area contributed by atoms with Gasteiger partial charge in [0.1, 0.15) is 0 Å². The van der Waals surface area contributed by atoms with Crippen molar-refractivity contribution in [2.45, 2.75) is 58.2 Å². The van der Waals surface area contributed by atoms with Crippen molar-refractivity contribution >= 4 is 0 Å². The Kier molecular flexibility index (Phi) is 4.42. The topological polar surface area (TPSA) is 15.3 Å². The number of hydrogen-bond acceptors (Lipinski definition) is 2. The van der Waals surface area contributed by atoms with Gasteiger partial charge >= 0.3 is 0 Å². The molecule has 110 valence electrons. The van der Waals surface area contributed by atoms with Crippen LogP contribution in [0.4, 0.5) is 0 Å². The zero-order valence-electron chi connectivity index (χ0n) is 12.9. The summed E-state index contributed by atoms with van der Waals surface area (Å²) in [5.74, 6) is 0.740. The fourth-order valence-electron chi connectivity index (χ4n) is 3.96. The maximum atomic E-state index is 3.63. The van der Waals surface area contributed by atoms with Crippen LogP contribution in [0.25, 0.3) is 0 Å². The zero-order chi connectivity index (χ0) is 13.9. The van der Waals surface area contributed by atoms with E-state index in [1.54, 1.807) is 5.56 Å². The van der Waals surface area contributed by atoms with Gasteiger partial charge in [-0.1, -0.05) is 51.0 Å². The standard InChI is InChI=1S/C18H28N2/c1-14(2)13-20(16-8-4-5-9-16)18-12-19-11-15-7-3-6-10-17(15)18/h3,6-7,10,14,16,18-19H,4-5,8-9,11-13H2,1-2H3. The van der Waals surface area contributed by atoms with E-state index in [1.807, 2.05) is 0 Å². The van der Waals surface area contributed by atoms with Gasteiger partial charge in [-0.2, -0.15) is 0 Å². The van der Waals surface area contributed by atoms with E-state index in [-0.39, 0.29) is 0 Å². The van der Waals surface area contributed by atoms with E-state index in [2.05, 4.69) is 48.3 Å². The lowest BCUT2D eigenvalue weighted by Crippen LogP contribution is -2.45. The van der Waals surface area contributed by atoms with Crippen LogP contribution in [0.1, 0.15) is 56.7 Å². The summed E-state index contributed by atoms with van der Waals surface area (Å²) in [4.78, 5) is 2.81. The summed E-state index contributed by atoms with van der Waals surface area (Å²) in [7, 11) is 0. The molecule has 1 saturated carbocycles. The second-order valence-electron chi connectivity index (χ2n) is 6.87. The van der Waals surface area contributed by atoms with Crippen molar-refractivity contribution in [1.82, 2.24) is 10.2 Å². The fraction of sp³-hybridized carbons (Fsp3) is 0.667. The molecule has 1 aromatic rings. The molecule has 2 nitrogen and oxygen atoms in total. The molecule has 1 unspecified atom stereocenters. The van der Waals surface area contributed by atoms with Crippen molar-refractivity contribution < 1.29 is 0 Å². The van der Waals surface area contributed by atoms with Gasteiger partial charge in [-0.05, 0) is 29.9 Å². The largest absolute Gasteiger partial charge is 0.311 e. The quantitative estimate of drug-likeness (QED) is 0.898. The monoisotopic (exact) mass is 272 g/mol. The van der Waals surface area contributed by atoms with Crippen LogP contribution in [0, 0.1) is 5.92 Å². The lowest BCUT2D eigenvalue weighted by molar-refractivity contribution is 0.111. The van der Waals surface area contributed by atoms with E-state index in [4.69, 9.17) is 0 Å². The van der Waals surface area contributed by atoms with E-state index in [0.29, 0.717) is 6.04 Å². The Balaban J connectivity index is 1.87. The van der Waals surface area contributed by atoms with Gasteiger partial charge in [-0.15, -0.1) is 0 Å². The maximum absolute atomic E-state index is 3.63. The maximum Gasteiger partial charge on any atom is 0.0479 e. The molecule has 1 heterocycles. The molecule has 2 heteroatoms. The fourth-order valence-corrected chi connectivity index (χ4v) is 3.96. The summed E-state index contributed by atoms with van der Waals surface area (Å²) >= 11 is 0. The first-order valence-electron chi connectivity index (χ1n) is 8.30. The van der Waals surface area contributed by atoms with Crippen molar-refractivity contribution in [1.29, 1.82) is 0 Å². The molecule has 3 rings (SSSR count). The predicted octanol–water partition coefficient (Wildman–Crippen LogP) is 3.73. The van der Waals surface area contributed by atoms with Crippen LogP contribution in [0.2, 0.25) is 0 Å². The van der Waals surface area contributed by atoms with E-state index in [0.717, 1.165) is 25.0 Å². The third-order valence-electron chi connectivity index (χ3n) is 4.84. The summed E-state index contributed by atoms with van der Waals surface area (Å²) in [5, 5.41) is 3.63. The van der Waals surface area contributed by atoms with Crippen molar-refractivity contribution in [3.8, 4) is 0 Å². The van der Waals surface area contributed by atoms with Gasteiger partial charge in [0.2, 0.25) is 0 Å². The third-order valence-corrected chi connectivity index (χ3v) is 4.84. The van der Waals surface area contributed by atoms with Crippen LogP contribution in [0.5, 0.6) is 0 Å². The number of hydrogen-bond donors (Lipinski definition) is 1. The van der Waals surface area contributed by atoms with Gasteiger partial charge < -0.3 is 5.32 Å². The van der Waals surface area contributed by atoms with Crippen LogP contribution in [0.15, 0.2) is 24.3 Å². The highest BCUT2D eigenvalue weighted by molar-refractivity contribution is 5.32. The molecule has 20 heavy (non-hydrogen) atoms. The van der Waals surface area contributed by atoms with Gasteiger partial charge in [0.15, 0.2) is 0 Å². The molecule has 0 saturated heterocycles. The Bertz CT molecular complexity index is 435. The zero-order valence-corrected chi connectivity index (χ0v) is 12.9. The molecule has 2 aliphatic rings. The van der Waals surface area contributed by atoms with Crippen molar-refractivity contribution in [3.05, 3.63) is 35.4 Å². The Labute approximate surface area is 123 Å². The Morgan fingerprint density at radius 1 is 1.20 bits per heavy atom.